The molecule has 1 atom stereocenters. The van der Waals surface area contributed by atoms with Crippen LogP contribution in [0.1, 0.15) is 43.6 Å². The van der Waals surface area contributed by atoms with Gasteiger partial charge >= 0.3 is 0 Å². The van der Waals surface area contributed by atoms with Crippen molar-refractivity contribution in [3.63, 3.8) is 0 Å². The van der Waals surface area contributed by atoms with Crippen LogP contribution < -0.4 is 15.4 Å². The van der Waals surface area contributed by atoms with Gasteiger partial charge in [0.25, 0.3) is 0 Å². The van der Waals surface area contributed by atoms with E-state index in [0.717, 1.165) is 29.0 Å². The number of benzene rings is 2. The van der Waals surface area contributed by atoms with Crippen molar-refractivity contribution in [1.29, 1.82) is 0 Å². The van der Waals surface area contributed by atoms with Crippen molar-refractivity contribution in [1.82, 2.24) is 10.6 Å². The maximum Gasteiger partial charge on any atom is 0.191 e. The lowest BCUT2D eigenvalue weighted by molar-refractivity contribution is 0.179. The highest BCUT2D eigenvalue weighted by molar-refractivity contribution is 5.79. The highest BCUT2D eigenvalue weighted by atomic mass is 16.5. The molecular formula is C23H33N3O3. The predicted octanol–water partition coefficient (Wildman–Crippen LogP) is 3.41. The molecule has 0 saturated carbocycles. The number of hydrogen-bond acceptors (Lipinski definition) is 4. The van der Waals surface area contributed by atoms with Gasteiger partial charge < -0.3 is 25.2 Å². The highest BCUT2D eigenvalue weighted by Gasteiger charge is 2.10. The molecule has 0 spiro atoms. The van der Waals surface area contributed by atoms with Crippen molar-refractivity contribution in [3.8, 4) is 5.75 Å². The first-order valence-corrected chi connectivity index (χ1v) is 10.1. The van der Waals surface area contributed by atoms with Crippen LogP contribution in [0.15, 0.2) is 53.5 Å². The van der Waals surface area contributed by atoms with Gasteiger partial charge in [-0.05, 0) is 49.6 Å². The van der Waals surface area contributed by atoms with Gasteiger partial charge in [-0.25, -0.2) is 4.99 Å². The number of rotatable bonds is 10. The molecule has 3 N–H and O–H groups in total. The molecule has 0 amide bonds. The summed E-state index contributed by atoms with van der Waals surface area (Å²) in [6, 6.07) is 15.8. The maximum atomic E-state index is 10.5. The molecule has 0 radical (unpaired) electrons. The van der Waals surface area contributed by atoms with Crippen molar-refractivity contribution in [2.45, 2.75) is 46.1 Å². The molecule has 6 nitrogen and oxygen atoms in total. The SMILES string of the molecule is CCNC(=NCc1ccc(COC)cc1)NCC(O)c1cccc(OC(C)C)c1. The lowest BCUT2D eigenvalue weighted by Gasteiger charge is -2.17. The molecule has 0 bridgehead atoms. The average Bonchev–Trinajstić information content (AvgIpc) is 2.71. The molecule has 158 valence electrons. The van der Waals surface area contributed by atoms with Crippen LogP contribution >= 0.6 is 0 Å². The topological polar surface area (TPSA) is 75.1 Å². The van der Waals surface area contributed by atoms with Crippen LogP contribution in [0.4, 0.5) is 0 Å². The summed E-state index contributed by atoms with van der Waals surface area (Å²) in [4.78, 5) is 4.61. The first-order chi connectivity index (χ1) is 14.0. The van der Waals surface area contributed by atoms with Crippen molar-refractivity contribution in [2.24, 2.45) is 4.99 Å². The molecule has 0 fully saturated rings. The van der Waals surface area contributed by atoms with Gasteiger partial charge in [-0.15, -0.1) is 0 Å². The lowest BCUT2D eigenvalue weighted by atomic mass is 10.1. The van der Waals surface area contributed by atoms with E-state index in [0.29, 0.717) is 25.7 Å². The Labute approximate surface area is 174 Å². The molecule has 0 aromatic heterocycles. The number of nitrogens with one attached hydrogen (secondary N) is 2. The summed E-state index contributed by atoms with van der Waals surface area (Å²) in [5, 5.41) is 17.0. The smallest absolute Gasteiger partial charge is 0.191 e. The lowest BCUT2D eigenvalue weighted by Crippen LogP contribution is -2.39. The second-order valence-corrected chi connectivity index (χ2v) is 7.08. The van der Waals surface area contributed by atoms with Gasteiger partial charge in [0.2, 0.25) is 0 Å². The largest absolute Gasteiger partial charge is 0.491 e. The zero-order chi connectivity index (χ0) is 21.1. The third-order valence-electron chi connectivity index (χ3n) is 4.18. The predicted molar refractivity (Wildman–Crippen MR) is 117 cm³/mol. The molecule has 2 rings (SSSR count). The quantitative estimate of drug-likeness (QED) is 0.422. The van der Waals surface area contributed by atoms with E-state index in [4.69, 9.17) is 9.47 Å². The Balaban J connectivity index is 1.94. The van der Waals surface area contributed by atoms with E-state index >= 15 is 0 Å². The van der Waals surface area contributed by atoms with Gasteiger partial charge in [0, 0.05) is 20.2 Å². The minimum Gasteiger partial charge on any atom is -0.491 e. The van der Waals surface area contributed by atoms with E-state index in [2.05, 4.69) is 27.8 Å². The number of methoxy groups -OCH3 is 1. The van der Waals surface area contributed by atoms with Crippen LogP contribution in [-0.4, -0.2) is 37.4 Å². The van der Waals surface area contributed by atoms with E-state index < -0.39 is 6.10 Å². The summed E-state index contributed by atoms with van der Waals surface area (Å²) in [6.45, 7) is 8.23. The molecule has 2 aromatic carbocycles. The Hall–Kier alpha value is -2.57. The third-order valence-corrected chi connectivity index (χ3v) is 4.18. The fraction of sp³-hybridized carbons (Fsp3) is 0.435. The summed E-state index contributed by atoms with van der Waals surface area (Å²) in [6.07, 6.45) is -0.570. The van der Waals surface area contributed by atoms with Crippen molar-refractivity contribution >= 4 is 5.96 Å². The Kier molecular flexibility index (Phi) is 9.47. The van der Waals surface area contributed by atoms with Crippen molar-refractivity contribution in [2.75, 3.05) is 20.2 Å². The van der Waals surface area contributed by atoms with E-state index in [1.54, 1.807) is 7.11 Å². The summed E-state index contributed by atoms with van der Waals surface area (Å²) in [5.74, 6) is 1.43. The summed E-state index contributed by atoms with van der Waals surface area (Å²) in [5.41, 5.74) is 3.05. The minimum atomic E-state index is -0.664. The molecule has 1 unspecified atom stereocenters. The van der Waals surface area contributed by atoms with E-state index in [-0.39, 0.29) is 6.10 Å². The molecule has 0 aliphatic carbocycles. The van der Waals surface area contributed by atoms with Crippen LogP contribution in [0.5, 0.6) is 5.75 Å². The Morgan fingerprint density at radius 2 is 1.79 bits per heavy atom. The molecule has 29 heavy (non-hydrogen) atoms. The van der Waals surface area contributed by atoms with Gasteiger partial charge in [-0.1, -0.05) is 36.4 Å². The fourth-order valence-corrected chi connectivity index (χ4v) is 2.80. The highest BCUT2D eigenvalue weighted by Crippen LogP contribution is 2.20. The minimum absolute atomic E-state index is 0.0940. The number of aliphatic imine (C=N–C) groups is 1. The first kappa shape index (κ1) is 22.7. The van der Waals surface area contributed by atoms with Gasteiger partial charge in [-0.3, -0.25) is 0 Å². The van der Waals surface area contributed by atoms with Crippen LogP contribution in [-0.2, 0) is 17.9 Å². The normalized spacial score (nSPS) is 12.7. The van der Waals surface area contributed by atoms with E-state index in [1.165, 1.54) is 0 Å². The summed E-state index contributed by atoms with van der Waals surface area (Å²) < 4.78 is 10.8. The number of aliphatic hydroxyl groups excluding tert-OH is 1. The number of aliphatic hydroxyl groups is 1. The Morgan fingerprint density at radius 3 is 2.45 bits per heavy atom. The van der Waals surface area contributed by atoms with Crippen LogP contribution in [0.2, 0.25) is 0 Å². The van der Waals surface area contributed by atoms with E-state index in [1.807, 2.05) is 57.2 Å². The molecule has 0 heterocycles. The van der Waals surface area contributed by atoms with Gasteiger partial charge in [-0.2, -0.15) is 0 Å². The van der Waals surface area contributed by atoms with Crippen molar-refractivity contribution < 1.29 is 14.6 Å². The second kappa shape index (κ2) is 12.1. The van der Waals surface area contributed by atoms with Crippen LogP contribution in [0, 0.1) is 0 Å². The Bertz CT molecular complexity index is 760. The number of hydrogen-bond donors (Lipinski definition) is 3. The maximum absolute atomic E-state index is 10.5. The average molecular weight is 400 g/mol. The third kappa shape index (κ3) is 8.13. The fourth-order valence-electron chi connectivity index (χ4n) is 2.80. The van der Waals surface area contributed by atoms with Gasteiger partial charge in [0.05, 0.1) is 25.4 Å². The number of ether oxygens (including phenoxy) is 2. The number of nitrogens with zero attached hydrogens (tertiary/aromatic N) is 1. The summed E-state index contributed by atoms with van der Waals surface area (Å²) >= 11 is 0. The van der Waals surface area contributed by atoms with Crippen molar-refractivity contribution in [3.05, 3.63) is 65.2 Å². The second-order valence-electron chi connectivity index (χ2n) is 7.08. The van der Waals surface area contributed by atoms with Gasteiger partial charge in [0.15, 0.2) is 5.96 Å². The van der Waals surface area contributed by atoms with Crippen LogP contribution in [0.25, 0.3) is 0 Å². The molecule has 6 heteroatoms. The molecule has 0 aliphatic rings. The molecule has 0 aliphatic heterocycles. The zero-order valence-electron chi connectivity index (χ0n) is 17.8. The standard InChI is InChI=1S/C23H33N3O3/c1-5-24-23(25-14-18-9-11-19(12-10-18)16-28-4)26-15-22(27)20-7-6-8-21(13-20)29-17(2)3/h6-13,17,22,27H,5,14-16H2,1-4H3,(H2,24,25,26). The molecule has 0 saturated heterocycles. The molecule has 2 aromatic rings. The monoisotopic (exact) mass is 399 g/mol. The van der Waals surface area contributed by atoms with Crippen LogP contribution in [0.3, 0.4) is 0 Å². The Morgan fingerprint density at radius 1 is 1.07 bits per heavy atom. The molecular weight excluding hydrogens is 366 g/mol. The number of guanidine groups is 1. The van der Waals surface area contributed by atoms with E-state index in [9.17, 15) is 5.11 Å². The van der Waals surface area contributed by atoms with Gasteiger partial charge in [0.1, 0.15) is 5.75 Å². The first-order valence-electron chi connectivity index (χ1n) is 10.1. The zero-order valence-corrected chi connectivity index (χ0v) is 17.8. The summed E-state index contributed by atoms with van der Waals surface area (Å²) in [7, 11) is 1.69.